The van der Waals surface area contributed by atoms with Crippen LogP contribution in [0, 0.1) is 6.92 Å². The molecule has 0 atom stereocenters. The highest BCUT2D eigenvalue weighted by atomic mass is 35.5. The van der Waals surface area contributed by atoms with Crippen molar-refractivity contribution in [3.8, 4) is 5.75 Å². The number of carbonyl (C=O) groups excluding carboxylic acids is 1. The number of halogens is 1. The van der Waals surface area contributed by atoms with Gasteiger partial charge in [-0.25, -0.2) is 4.79 Å². The van der Waals surface area contributed by atoms with E-state index in [-0.39, 0.29) is 12.5 Å². The zero-order valence-electron chi connectivity index (χ0n) is 14.5. The van der Waals surface area contributed by atoms with Gasteiger partial charge in [0.2, 0.25) is 0 Å². The van der Waals surface area contributed by atoms with Crippen LogP contribution in [0.15, 0.2) is 51.7 Å². The van der Waals surface area contributed by atoms with Crippen molar-refractivity contribution in [1.29, 1.82) is 0 Å². The summed E-state index contributed by atoms with van der Waals surface area (Å²) in [5, 5.41) is 4.03. The van der Waals surface area contributed by atoms with Gasteiger partial charge in [-0.3, -0.25) is 4.79 Å². The van der Waals surface area contributed by atoms with Crippen LogP contribution in [0.3, 0.4) is 0 Å². The SMILES string of the molecule is CCc1cc(=O)oc2cc(OCC(=O)Nc3ccc(C)cc3Cl)ccc12. The van der Waals surface area contributed by atoms with Gasteiger partial charge in [0, 0.05) is 17.5 Å². The monoisotopic (exact) mass is 371 g/mol. The Balaban J connectivity index is 1.71. The van der Waals surface area contributed by atoms with Crippen LogP contribution in [0.2, 0.25) is 5.02 Å². The van der Waals surface area contributed by atoms with Gasteiger partial charge in [-0.15, -0.1) is 0 Å². The molecule has 0 aliphatic rings. The minimum Gasteiger partial charge on any atom is -0.484 e. The number of amides is 1. The molecule has 134 valence electrons. The van der Waals surface area contributed by atoms with E-state index in [1.165, 1.54) is 6.07 Å². The second-order valence-corrected chi connectivity index (χ2v) is 6.33. The molecule has 1 aromatic heterocycles. The molecule has 1 N–H and O–H groups in total. The third-order valence-electron chi connectivity index (χ3n) is 3.95. The molecular formula is C20H18ClNO4. The number of rotatable bonds is 5. The predicted octanol–water partition coefficient (Wildman–Crippen LogP) is 4.33. The van der Waals surface area contributed by atoms with Crippen molar-refractivity contribution in [2.45, 2.75) is 20.3 Å². The average molecular weight is 372 g/mol. The molecule has 3 rings (SSSR count). The van der Waals surface area contributed by atoms with Gasteiger partial charge >= 0.3 is 5.63 Å². The number of benzene rings is 2. The molecule has 0 aliphatic heterocycles. The minimum atomic E-state index is -0.404. The Kier molecular flexibility index (Phi) is 5.28. The van der Waals surface area contributed by atoms with E-state index in [4.69, 9.17) is 20.8 Å². The Morgan fingerprint density at radius 3 is 2.73 bits per heavy atom. The Morgan fingerprint density at radius 2 is 2.00 bits per heavy atom. The number of hydrogen-bond acceptors (Lipinski definition) is 4. The molecule has 0 saturated carbocycles. The normalized spacial score (nSPS) is 10.7. The topological polar surface area (TPSA) is 68.5 Å². The van der Waals surface area contributed by atoms with Gasteiger partial charge in [-0.05, 0) is 48.7 Å². The smallest absolute Gasteiger partial charge is 0.336 e. The molecule has 1 heterocycles. The first kappa shape index (κ1) is 18.0. The maximum absolute atomic E-state index is 12.1. The molecule has 0 unspecified atom stereocenters. The molecule has 0 saturated heterocycles. The first-order valence-electron chi connectivity index (χ1n) is 8.22. The van der Waals surface area contributed by atoms with Gasteiger partial charge in [0.15, 0.2) is 6.61 Å². The first-order valence-corrected chi connectivity index (χ1v) is 8.59. The molecular weight excluding hydrogens is 354 g/mol. The molecule has 2 aromatic carbocycles. The van der Waals surface area contributed by atoms with E-state index in [1.807, 2.05) is 26.0 Å². The van der Waals surface area contributed by atoms with Crippen LogP contribution in [0.25, 0.3) is 11.0 Å². The molecule has 6 heteroatoms. The number of nitrogens with one attached hydrogen (secondary N) is 1. The van der Waals surface area contributed by atoms with Gasteiger partial charge < -0.3 is 14.5 Å². The van der Waals surface area contributed by atoms with Crippen molar-refractivity contribution >= 4 is 34.2 Å². The molecule has 0 spiro atoms. The third kappa shape index (κ3) is 4.06. The van der Waals surface area contributed by atoms with Crippen molar-refractivity contribution in [1.82, 2.24) is 0 Å². The van der Waals surface area contributed by atoms with Crippen molar-refractivity contribution in [2.24, 2.45) is 0 Å². The van der Waals surface area contributed by atoms with Crippen LogP contribution < -0.4 is 15.7 Å². The number of ether oxygens (including phenoxy) is 1. The summed E-state index contributed by atoms with van der Waals surface area (Å²) < 4.78 is 10.7. The maximum atomic E-state index is 12.1. The summed E-state index contributed by atoms with van der Waals surface area (Å²) in [7, 11) is 0. The molecule has 0 aliphatic carbocycles. The van der Waals surface area contributed by atoms with E-state index < -0.39 is 5.63 Å². The van der Waals surface area contributed by atoms with E-state index in [9.17, 15) is 9.59 Å². The van der Waals surface area contributed by atoms with Gasteiger partial charge in [0.05, 0.1) is 10.7 Å². The molecule has 0 fully saturated rings. The lowest BCUT2D eigenvalue weighted by atomic mass is 10.1. The largest absolute Gasteiger partial charge is 0.484 e. The molecule has 0 bridgehead atoms. The number of aryl methyl sites for hydroxylation is 2. The predicted molar refractivity (Wildman–Crippen MR) is 102 cm³/mol. The van der Waals surface area contributed by atoms with Crippen molar-refractivity contribution < 1.29 is 13.9 Å². The van der Waals surface area contributed by atoms with Crippen molar-refractivity contribution in [2.75, 3.05) is 11.9 Å². The summed E-state index contributed by atoms with van der Waals surface area (Å²) in [4.78, 5) is 23.7. The van der Waals surface area contributed by atoms with Gasteiger partial charge in [-0.1, -0.05) is 24.6 Å². The van der Waals surface area contributed by atoms with Gasteiger partial charge in [0.1, 0.15) is 11.3 Å². The highest BCUT2D eigenvalue weighted by molar-refractivity contribution is 6.33. The number of anilines is 1. The average Bonchev–Trinajstić information content (AvgIpc) is 2.61. The lowest BCUT2D eigenvalue weighted by Crippen LogP contribution is -2.20. The highest BCUT2D eigenvalue weighted by Gasteiger charge is 2.09. The van der Waals surface area contributed by atoms with Crippen LogP contribution >= 0.6 is 11.6 Å². The van der Waals surface area contributed by atoms with Gasteiger partial charge in [0.25, 0.3) is 5.91 Å². The first-order chi connectivity index (χ1) is 12.5. The summed E-state index contributed by atoms with van der Waals surface area (Å²) >= 11 is 6.10. The summed E-state index contributed by atoms with van der Waals surface area (Å²) in [5.74, 6) is 0.110. The molecule has 26 heavy (non-hydrogen) atoms. The Morgan fingerprint density at radius 1 is 1.19 bits per heavy atom. The van der Waals surface area contributed by atoms with Gasteiger partial charge in [-0.2, -0.15) is 0 Å². The Labute approximate surface area is 155 Å². The quantitative estimate of drug-likeness (QED) is 0.677. The van der Waals surface area contributed by atoms with E-state index in [2.05, 4.69) is 5.32 Å². The standard InChI is InChI=1S/C20H18ClNO4/c1-3-13-9-20(24)26-18-10-14(5-6-15(13)18)25-11-19(23)22-17-7-4-12(2)8-16(17)21/h4-10H,3,11H2,1-2H3,(H,22,23). The number of hydrogen-bond donors (Lipinski definition) is 1. The van der Waals surface area contributed by atoms with E-state index >= 15 is 0 Å². The maximum Gasteiger partial charge on any atom is 0.336 e. The minimum absolute atomic E-state index is 0.187. The van der Waals surface area contributed by atoms with Crippen molar-refractivity contribution in [3.63, 3.8) is 0 Å². The fourth-order valence-corrected chi connectivity index (χ4v) is 2.93. The lowest BCUT2D eigenvalue weighted by molar-refractivity contribution is -0.118. The zero-order chi connectivity index (χ0) is 18.7. The van der Waals surface area contributed by atoms with Crippen LogP contribution in [-0.2, 0) is 11.2 Å². The second-order valence-electron chi connectivity index (χ2n) is 5.92. The van der Waals surface area contributed by atoms with Crippen molar-refractivity contribution in [3.05, 3.63) is 69.0 Å². The molecule has 1 amide bonds. The van der Waals surface area contributed by atoms with Crippen LogP contribution in [0.1, 0.15) is 18.1 Å². The molecule has 5 nitrogen and oxygen atoms in total. The lowest BCUT2D eigenvalue weighted by Gasteiger charge is -2.10. The summed E-state index contributed by atoms with van der Waals surface area (Å²) in [6.45, 7) is 3.70. The fourth-order valence-electron chi connectivity index (χ4n) is 2.65. The van der Waals surface area contributed by atoms with Crippen LogP contribution in [-0.4, -0.2) is 12.5 Å². The molecule has 3 aromatic rings. The summed E-state index contributed by atoms with van der Waals surface area (Å²) in [5.41, 5.74) is 2.48. The van der Waals surface area contributed by atoms with E-state index in [0.29, 0.717) is 22.0 Å². The molecule has 0 radical (unpaired) electrons. The van der Waals surface area contributed by atoms with E-state index in [0.717, 1.165) is 22.9 Å². The second kappa shape index (κ2) is 7.62. The summed E-state index contributed by atoms with van der Waals surface area (Å²) in [6, 6.07) is 12.0. The van der Waals surface area contributed by atoms with Crippen LogP contribution in [0.4, 0.5) is 5.69 Å². The Hall–Kier alpha value is -2.79. The van der Waals surface area contributed by atoms with E-state index in [1.54, 1.807) is 24.3 Å². The van der Waals surface area contributed by atoms with Crippen LogP contribution in [0.5, 0.6) is 5.75 Å². The Bertz CT molecular complexity index is 1030. The summed E-state index contributed by atoms with van der Waals surface area (Å²) in [6.07, 6.45) is 0.724. The number of fused-ring (bicyclic) bond motifs is 1. The highest BCUT2D eigenvalue weighted by Crippen LogP contribution is 2.24. The zero-order valence-corrected chi connectivity index (χ0v) is 15.2. The third-order valence-corrected chi connectivity index (χ3v) is 4.26. The fraction of sp³-hybridized carbons (Fsp3) is 0.200. The number of carbonyl (C=O) groups is 1.